The minimum absolute atomic E-state index is 0.131. The summed E-state index contributed by atoms with van der Waals surface area (Å²) in [6.45, 7) is 0.376. The number of fused-ring (bicyclic) bond motifs is 1. The lowest BCUT2D eigenvalue weighted by molar-refractivity contribution is 0.414. The lowest BCUT2D eigenvalue weighted by Crippen LogP contribution is -2.24. The van der Waals surface area contributed by atoms with Gasteiger partial charge in [0.1, 0.15) is 11.3 Å². The van der Waals surface area contributed by atoms with Gasteiger partial charge in [0.2, 0.25) is 0 Å². The Kier molecular flexibility index (Phi) is 5.71. The Balaban J connectivity index is 1.64. The maximum absolute atomic E-state index is 13.1. The minimum Gasteiger partial charge on any atom is -0.497 e. The molecule has 9 heteroatoms. The predicted octanol–water partition coefficient (Wildman–Crippen LogP) is 2.88. The highest BCUT2D eigenvalue weighted by atomic mass is 32.2. The molecule has 0 spiro atoms. The Hall–Kier alpha value is -3.33. The Morgan fingerprint density at radius 2 is 2.20 bits per heavy atom. The SMILES string of the molecule is CN=C(Cc1ccn[nH]1)Sc1cn(C)c2c(=O)n(Cc3cccc(OC)c3)ncc12. The summed E-state index contributed by atoms with van der Waals surface area (Å²) in [6.07, 6.45) is 6.08. The molecule has 0 unspecified atom stereocenters. The maximum Gasteiger partial charge on any atom is 0.291 e. The second-order valence-electron chi connectivity index (χ2n) is 6.80. The van der Waals surface area contributed by atoms with Gasteiger partial charge in [0.25, 0.3) is 5.56 Å². The number of nitrogens with one attached hydrogen (secondary N) is 1. The fraction of sp³-hybridized carbons (Fsp3) is 0.238. The van der Waals surface area contributed by atoms with Crippen LogP contribution in [0.2, 0.25) is 0 Å². The summed E-state index contributed by atoms with van der Waals surface area (Å²) in [5, 5.41) is 13.1. The van der Waals surface area contributed by atoms with Crippen LogP contribution in [0.5, 0.6) is 5.75 Å². The molecule has 3 heterocycles. The molecule has 0 saturated carbocycles. The van der Waals surface area contributed by atoms with Crippen molar-refractivity contribution in [1.82, 2.24) is 24.5 Å². The van der Waals surface area contributed by atoms with Crippen molar-refractivity contribution in [2.75, 3.05) is 14.2 Å². The van der Waals surface area contributed by atoms with Gasteiger partial charge in [-0.05, 0) is 23.8 Å². The standard InChI is InChI=1S/C21H22N6O2S/c1-22-19(10-15-7-8-23-25-15)30-18-13-26(2)20-17(18)11-24-27(21(20)28)12-14-5-4-6-16(9-14)29-3/h4-9,11,13H,10,12H2,1-3H3,(H,23,25). The van der Waals surface area contributed by atoms with Crippen LogP contribution in [0.25, 0.3) is 10.9 Å². The Labute approximate surface area is 177 Å². The summed E-state index contributed by atoms with van der Waals surface area (Å²) < 4.78 is 8.60. The largest absolute Gasteiger partial charge is 0.497 e. The zero-order chi connectivity index (χ0) is 21.1. The van der Waals surface area contributed by atoms with Crippen LogP contribution in [0.15, 0.2) is 63.6 Å². The van der Waals surface area contributed by atoms with E-state index in [9.17, 15) is 4.79 Å². The number of rotatable bonds is 6. The number of hydrogen-bond donors (Lipinski definition) is 1. The first-order chi connectivity index (χ1) is 14.6. The van der Waals surface area contributed by atoms with Crippen LogP contribution in [-0.2, 0) is 20.0 Å². The number of methoxy groups -OCH3 is 1. The van der Waals surface area contributed by atoms with Crippen LogP contribution < -0.4 is 10.3 Å². The smallest absolute Gasteiger partial charge is 0.291 e. The van der Waals surface area contributed by atoms with E-state index >= 15 is 0 Å². The lowest BCUT2D eigenvalue weighted by Gasteiger charge is -2.07. The predicted molar refractivity (Wildman–Crippen MR) is 119 cm³/mol. The Bertz CT molecular complexity index is 1260. The Morgan fingerprint density at radius 1 is 1.33 bits per heavy atom. The number of nitrogens with zero attached hydrogens (tertiary/aromatic N) is 5. The van der Waals surface area contributed by atoms with Gasteiger partial charge in [-0.25, -0.2) is 4.68 Å². The van der Waals surface area contributed by atoms with E-state index in [0.717, 1.165) is 32.3 Å². The molecule has 4 aromatic rings. The van der Waals surface area contributed by atoms with Crippen molar-refractivity contribution in [1.29, 1.82) is 0 Å². The molecule has 0 aliphatic carbocycles. The van der Waals surface area contributed by atoms with Crippen molar-refractivity contribution in [3.8, 4) is 5.75 Å². The highest BCUT2D eigenvalue weighted by Gasteiger charge is 2.16. The molecule has 4 rings (SSSR count). The molecular formula is C21H22N6O2S. The van der Waals surface area contributed by atoms with Crippen LogP contribution in [0.4, 0.5) is 0 Å². The van der Waals surface area contributed by atoms with Gasteiger partial charge in [-0.2, -0.15) is 10.2 Å². The highest BCUT2D eigenvalue weighted by molar-refractivity contribution is 8.14. The van der Waals surface area contributed by atoms with Gasteiger partial charge in [0.15, 0.2) is 0 Å². The molecule has 0 saturated heterocycles. The monoisotopic (exact) mass is 422 g/mol. The molecule has 0 aliphatic heterocycles. The highest BCUT2D eigenvalue weighted by Crippen LogP contribution is 2.29. The topological polar surface area (TPSA) is 90.1 Å². The zero-order valence-corrected chi connectivity index (χ0v) is 17.8. The zero-order valence-electron chi connectivity index (χ0n) is 17.0. The van der Waals surface area contributed by atoms with Crippen molar-refractivity contribution in [3.63, 3.8) is 0 Å². The molecule has 30 heavy (non-hydrogen) atoms. The normalized spacial score (nSPS) is 11.9. The van der Waals surface area contributed by atoms with E-state index in [4.69, 9.17) is 4.74 Å². The fourth-order valence-corrected chi connectivity index (χ4v) is 4.32. The summed E-state index contributed by atoms with van der Waals surface area (Å²) in [7, 11) is 5.27. The second kappa shape index (κ2) is 8.58. The van der Waals surface area contributed by atoms with Gasteiger partial charge in [-0.15, -0.1) is 0 Å². The molecule has 1 aromatic carbocycles. The number of benzene rings is 1. The Morgan fingerprint density at radius 3 is 2.93 bits per heavy atom. The molecule has 0 bridgehead atoms. The number of aromatic nitrogens is 5. The lowest BCUT2D eigenvalue weighted by atomic mass is 10.2. The minimum atomic E-state index is -0.131. The second-order valence-corrected chi connectivity index (χ2v) is 7.92. The molecule has 0 aliphatic rings. The van der Waals surface area contributed by atoms with E-state index in [1.165, 1.54) is 16.4 Å². The van der Waals surface area contributed by atoms with Gasteiger partial charge in [0.05, 0.1) is 24.9 Å². The number of aryl methyl sites for hydroxylation is 1. The van der Waals surface area contributed by atoms with Crippen molar-refractivity contribution < 1.29 is 4.74 Å². The average molecular weight is 423 g/mol. The van der Waals surface area contributed by atoms with Gasteiger partial charge in [-0.1, -0.05) is 23.9 Å². The first kappa shape index (κ1) is 20.0. The van der Waals surface area contributed by atoms with Crippen molar-refractivity contribution in [2.45, 2.75) is 17.9 Å². The van der Waals surface area contributed by atoms with E-state index in [2.05, 4.69) is 20.3 Å². The van der Waals surface area contributed by atoms with Gasteiger partial charge in [0, 0.05) is 48.9 Å². The quantitative estimate of drug-likeness (QED) is 0.293. The number of aromatic amines is 1. The van der Waals surface area contributed by atoms with E-state index in [-0.39, 0.29) is 5.56 Å². The molecule has 0 radical (unpaired) electrons. The number of H-pyrrole nitrogens is 1. The summed E-state index contributed by atoms with van der Waals surface area (Å²) in [4.78, 5) is 18.5. The summed E-state index contributed by atoms with van der Waals surface area (Å²) in [5.41, 5.74) is 2.43. The van der Waals surface area contributed by atoms with Gasteiger partial charge in [-0.3, -0.25) is 14.9 Å². The van der Waals surface area contributed by atoms with Gasteiger partial charge >= 0.3 is 0 Å². The molecule has 0 amide bonds. The number of ether oxygens (including phenoxy) is 1. The van der Waals surface area contributed by atoms with E-state index in [0.29, 0.717) is 18.5 Å². The first-order valence-corrected chi connectivity index (χ1v) is 10.2. The van der Waals surface area contributed by atoms with E-state index < -0.39 is 0 Å². The third kappa shape index (κ3) is 4.02. The van der Waals surface area contributed by atoms with Crippen LogP contribution in [0.3, 0.4) is 0 Å². The molecule has 0 fully saturated rings. The van der Waals surface area contributed by atoms with Crippen LogP contribution in [0.1, 0.15) is 11.3 Å². The molecule has 8 nitrogen and oxygen atoms in total. The summed E-state index contributed by atoms with van der Waals surface area (Å²) in [6, 6.07) is 9.56. The van der Waals surface area contributed by atoms with E-state index in [1.807, 2.05) is 48.1 Å². The first-order valence-electron chi connectivity index (χ1n) is 9.39. The average Bonchev–Trinajstić information content (AvgIpc) is 3.37. The van der Waals surface area contributed by atoms with Crippen molar-refractivity contribution in [3.05, 3.63) is 70.5 Å². The van der Waals surface area contributed by atoms with Crippen LogP contribution >= 0.6 is 11.8 Å². The molecule has 3 aromatic heterocycles. The fourth-order valence-electron chi connectivity index (χ4n) is 3.28. The molecule has 0 atom stereocenters. The molecular weight excluding hydrogens is 400 g/mol. The van der Waals surface area contributed by atoms with Crippen LogP contribution in [0, 0.1) is 0 Å². The summed E-state index contributed by atoms with van der Waals surface area (Å²) in [5.74, 6) is 0.753. The van der Waals surface area contributed by atoms with Crippen LogP contribution in [-0.4, -0.2) is 43.7 Å². The molecule has 154 valence electrons. The number of aliphatic imine (C=N–C) groups is 1. The van der Waals surface area contributed by atoms with Crippen molar-refractivity contribution in [2.24, 2.45) is 12.0 Å². The number of hydrogen-bond acceptors (Lipinski definition) is 6. The summed E-state index contributed by atoms with van der Waals surface area (Å²) >= 11 is 1.54. The number of thioether (sulfide) groups is 1. The third-order valence-corrected chi connectivity index (χ3v) is 5.90. The van der Waals surface area contributed by atoms with Gasteiger partial charge < -0.3 is 9.30 Å². The maximum atomic E-state index is 13.1. The van der Waals surface area contributed by atoms with Crippen molar-refractivity contribution >= 4 is 27.7 Å². The third-order valence-electron chi connectivity index (χ3n) is 4.79. The van der Waals surface area contributed by atoms with E-state index in [1.54, 1.807) is 26.6 Å². The molecule has 1 N–H and O–H groups in total.